The number of nitrogen functional groups attached to an aromatic ring is 1. The molecule has 0 aliphatic carbocycles. The zero-order chi connectivity index (χ0) is 23.5. The zero-order valence-electron chi connectivity index (χ0n) is 17.3. The minimum atomic E-state index is -0.500. The molecule has 0 radical (unpaired) electrons. The SMILES string of the molecule is Cc1onc(-c2c(Cl)cccc2Cl)c1C(=O)Nc1ccc(NCc2ccc(F)cc2)nc1N. The van der Waals surface area contributed by atoms with Crippen molar-refractivity contribution >= 4 is 46.4 Å². The van der Waals surface area contributed by atoms with Crippen molar-refractivity contribution in [1.29, 1.82) is 0 Å². The number of pyridine rings is 1. The van der Waals surface area contributed by atoms with Gasteiger partial charge in [0.15, 0.2) is 0 Å². The van der Waals surface area contributed by atoms with Gasteiger partial charge in [-0.15, -0.1) is 0 Å². The number of hydrogen-bond donors (Lipinski definition) is 3. The molecule has 33 heavy (non-hydrogen) atoms. The molecule has 7 nitrogen and oxygen atoms in total. The summed E-state index contributed by atoms with van der Waals surface area (Å²) >= 11 is 12.6. The fourth-order valence-corrected chi connectivity index (χ4v) is 3.77. The van der Waals surface area contributed by atoms with Crippen LogP contribution in [-0.4, -0.2) is 16.0 Å². The van der Waals surface area contributed by atoms with E-state index >= 15 is 0 Å². The Hall–Kier alpha value is -3.62. The molecule has 0 saturated carbocycles. The van der Waals surface area contributed by atoms with Gasteiger partial charge in [0.1, 0.15) is 34.5 Å². The minimum Gasteiger partial charge on any atom is -0.382 e. The number of carbonyl (C=O) groups excluding carboxylic acids is 1. The molecule has 168 valence electrons. The maximum Gasteiger partial charge on any atom is 0.261 e. The number of hydrogen-bond acceptors (Lipinski definition) is 6. The Kier molecular flexibility index (Phi) is 6.48. The van der Waals surface area contributed by atoms with Crippen LogP contribution in [0.2, 0.25) is 10.0 Å². The summed E-state index contributed by atoms with van der Waals surface area (Å²) in [7, 11) is 0. The Bertz CT molecular complexity index is 1300. The third-order valence-electron chi connectivity index (χ3n) is 4.85. The number of anilines is 3. The van der Waals surface area contributed by atoms with Gasteiger partial charge in [-0.2, -0.15) is 0 Å². The van der Waals surface area contributed by atoms with E-state index in [4.69, 9.17) is 33.5 Å². The molecule has 0 aliphatic rings. The first-order chi connectivity index (χ1) is 15.8. The largest absolute Gasteiger partial charge is 0.382 e. The molecule has 0 aliphatic heterocycles. The van der Waals surface area contributed by atoms with E-state index in [1.54, 1.807) is 49.4 Å². The molecule has 4 rings (SSSR count). The summed E-state index contributed by atoms with van der Waals surface area (Å²) in [6.07, 6.45) is 0. The van der Waals surface area contributed by atoms with Crippen molar-refractivity contribution in [2.24, 2.45) is 0 Å². The number of nitrogens with one attached hydrogen (secondary N) is 2. The molecule has 4 N–H and O–H groups in total. The number of aryl methyl sites for hydroxylation is 1. The van der Waals surface area contributed by atoms with Crippen LogP contribution in [0.4, 0.5) is 21.7 Å². The molecule has 0 saturated heterocycles. The summed E-state index contributed by atoms with van der Waals surface area (Å²) < 4.78 is 18.3. The van der Waals surface area contributed by atoms with Gasteiger partial charge >= 0.3 is 0 Å². The van der Waals surface area contributed by atoms with Gasteiger partial charge in [0.25, 0.3) is 5.91 Å². The number of nitrogens with two attached hydrogens (primary N) is 1. The Labute approximate surface area is 198 Å². The van der Waals surface area contributed by atoms with E-state index in [2.05, 4.69) is 20.8 Å². The van der Waals surface area contributed by atoms with Crippen molar-refractivity contribution in [3.8, 4) is 11.3 Å². The van der Waals surface area contributed by atoms with Gasteiger partial charge in [-0.25, -0.2) is 9.37 Å². The Morgan fingerprint density at radius 2 is 1.79 bits per heavy atom. The lowest BCUT2D eigenvalue weighted by Crippen LogP contribution is -2.15. The van der Waals surface area contributed by atoms with Crippen LogP contribution in [0.5, 0.6) is 0 Å². The number of rotatable bonds is 6. The predicted molar refractivity (Wildman–Crippen MR) is 127 cm³/mol. The second kappa shape index (κ2) is 9.48. The smallest absolute Gasteiger partial charge is 0.261 e. The topological polar surface area (TPSA) is 106 Å². The van der Waals surface area contributed by atoms with Gasteiger partial charge in [0, 0.05) is 12.1 Å². The average Bonchev–Trinajstić information content (AvgIpc) is 3.16. The van der Waals surface area contributed by atoms with Crippen molar-refractivity contribution in [2.75, 3.05) is 16.4 Å². The van der Waals surface area contributed by atoms with Crippen molar-refractivity contribution in [2.45, 2.75) is 13.5 Å². The Morgan fingerprint density at radius 1 is 1.09 bits per heavy atom. The first kappa shape index (κ1) is 22.6. The van der Waals surface area contributed by atoms with E-state index in [0.29, 0.717) is 39.4 Å². The first-order valence-corrected chi connectivity index (χ1v) is 10.6. The van der Waals surface area contributed by atoms with Crippen molar-refractivity contribution < 1.29 is 13.7 Å². The second-order valence-electron chi connectivity index (χ2n) is 7.12. The average molecular weight is 486 g/mol. The lowest BCUT2D eigenvalue weighted by molar-refractivity contribution is 0.102. The summed E-state index contributed by atoms with van der Waals surface area (Å²) in [5.41, 5.74) is 8.04. The normalized spacial score (nSPS) is 10.8. The molecule has 0 fully saturated rings. The molecule has 1 amide bonds. The summed E-state index contributed by atoms with van der Waals surface area (Å²) in [6, 6.07) is 14.4. The number of amides is 1. The third kappa shape index (κ3) is 4.92. The fourth-order valence-electron chi connectivity index (χ4n) is 3.19. The number of aromatic nitrogens is 2. The van der Waals surface area contributed by atoms with Gasteiger partial charge in [0.2, 0.25) is 0 Å². The lowest BCUT2D eigenvalue weighted by atomic mass is 10.1. The van der Waals surface area contributed by atoms with E-state index in [-0.39, 0.29) is 22.9 Å². The van der Waals surface area contributed by atoms with Crippen LogP contribution in [0.15, 0.2) is 59.1 Å². The molecule has 2 aromatic carbocycles. The molecule has 0 unspecified atom stereocenters. The number of nitrogens with zero attached hydrogens (tertiary/aromatic N) is 2. The van der Waals surface area contributed by atoms with Crippen LogP contribution in [0.3, 0.4) is 0 Å². The van der Waals surface area contributed by atoms with Crippen LogP contribution in [0.1, 0.15) is 21.7 Å². The molecule has 10 heteroatoms. The Balaban J connectivity index is 1.52. The monoisotopic (exact) mass is 485 g/mol. The molecule has 0 atom stereocenters. The maximum atomic E-state index is 13.1. The van der Waals surface area contributed by atoms with Crippen LogP contribution in [-0.2, 0) is 6.54 Å². The zero-order valence-corrected chi connectivity index (χ0v) is 18.8. The van der Waals surface area contributed by atoms with Crippen LogP contribution < -0.4 is 16.4 Å². The maximum absolute atomic E-state index is 13.1. The predicted octanol–water partition coefficient (Wildman–Crippen LogP) is 5.94. The number of halogens is 3. The number of carbonyl (C=O) groups is 1. The number of benzene rings is 2. The van der Waals surface area contributed by atoms with Gasteiger partial charge in [-0.3, -0.25) is 4.79 Å². The van der Waals surface area contributed by atoms with Crippen LogP contribution in [0, 0.1) is 12.7 Å². The van der Waals surface area contributed by atoms with Crippen molar-refractivity contribution in [1.82, 2.24) is 10.1 Å². The molecule has 0 bridgehead atoms. The van der Waals surface area contributed by atoms with Crippen LogP contribution in [0.25, 0.3) is 11.3 Å². The molecule has 4 aromatic rings. The molecule has 2 aromatic heterocycles. The van der Waals surface area contributed by atoms with Crippen molar-refractivity contribution in [3.63, 3.8) is 0 Å². The van der Waals surface area contributed by atoms with Crippen LogP contribution >= 0.6 is 23.2 Å². The van der Waals surface area contributed by atoms with Gasteiger partial charge in [0.05, 0.1) is 15.7 Å². The highest BCUT2D eigenvalue weighted by Gasteiger charge is 2.25. The summed E-state index contributed by atoms with van der Waals surface area (Å²) in [6.45, 7) is 2.04. The summed E-state index contributed by atoms with van der Waals surface area (Å²) in [5, 5.41) is 10.5. The molecule has 0 spiro atoms. The minimum absolute atomic E-state index is 0.110. The molecular weight excluding hydrogens is 468 g/mol. The quantitative estimate of drug-likeness (QED) is 0.312. The van der Waals surface area contributed by atoms with E-state index in [1.807, 2.05) is 0 Å². The first-order valence-electron chi connectivity index (χ1n) is 9.80. The Morgan fingerprint density at radius 3 is 2.45 bits per heavy atom. The second-order valence-corrected chi connectivity index (χ2v) is 7.94. The van der Waals surface area contributed by atoms with E-state index < -0.39 is 5.91 Å². The van der Waals surface area contributed by atoms with E-state index in [9.17, 15) is 9.18 Å². The lowest BCUT2D eigenvalue weighted by Gasteiger charge is -2.11. The van der Waals surface area contributed by atoms with E-state index in [1.165, 1.54) is 12.1 Å². The van der Waals surface area contributed by atoms with Gasteiger partial charge < -0.3 is 20.9 Å². The highest BCUT2D eigenvalue weighted by atomic mass is 35.5. The van der Waals surface area contributed by atoms with Gasteiger partial charge in [-0.1, -0.05) is 46.6 Å². The summed E-state index contributed by atoms with van der Waals surface area (Å²) in [4.78, 5) is 17.3. The highest BCUT2D eigenvalue weighted by molar-refractivity contribution is 6.39. The fraction of sp³-hybridized carbons (Fsp3) is 0.0870. The van der Waals surface area contributed by atoms with E-state index in [0.717, 1.165) is 5.56 Å². The van der Waals surface area contributed by atoms with Crippen molar-refractivity contribution in [3.05, 3.63) is 87.3 Å². The standard InChI is InChI=1S/C23H18Cl2FN5O2/c1-12-19(21(31-33-12)20-15(24)3-2-4-16(20)25)23(32)29-17-9-10-18(30-22(17)27)28-11-13-5-7-14(26)8-6-13/h2-10H,11H2,1H3,(H,29,32)(H3,27,28,30). The summed E-state index contributed by atoms with van der Waals surface area (Å²) in [5.74, 6) is 0.102. The third-order valence-corrected chi connectivity index (χ3v) is 5.48. The highest BCUT2D eigenvalue weighted by Crippen LogP contribution is 2.37. The van der Waals surface area contributed by atoms with Gasteiger partial charge in [-0.05, 0) is 48.9 Å². The molecular formula is C23H18Cl2FN5O2. The molecule has 2 heterocycles.